The van der Waals surface area contributed by atoms with Crippen LogP contribution in [-0.2, 0) is 11.8 Å². The highest BCUT2D eigenvalue weighted by Gasteiger charge is 2.41. The Labute approximate surface area is 200 Å². The maximum Gasteiger partial charge on any atom is 0.0851 e. The van der Waals surface area contributed by atoms with Crippen molar-refractivity contribution in [3.63, 3.8) is 0 Å². The fourth-order valence-electron chi connectivity index (χ4n) is 5.63. The summed E-state index contributed by atoms with van der Waals surface area (Å²) in [4.78, 5) is 2.61. The van der Waals surface area contributed by atoms with Crippen LogP contribution in [0.3, 0.4) is 0 Å². The summed E-state index contributed by atoms with van der Waals surface area (Å²) in [5.74, 6) is 0.437. The highest BCUT2D eigenvalue weighted by atomic mass is 35.5. The monoisotopic (exact) mass is 450 g/mol. The van der Waals surface area contributed by atoms with Gasteiger partial charge in [-0.2, -0.15) is 5.26 Å². The molecule has 2 aromatic rings. The van der Waals surface area contributed by atoms with Crippen molar-refractivity contribution in [2.45, 2.75) is 89.6 Å². The normalized spacial score (nSPS) is 17.8. The summed E-state index contributed by atoms with van der Waals surface area (Å²) < 4.78 is 0. The van der Waals surface area contributed by atoms with E-state index in [4.69, 9.17) is 11.6 Å². The van der Waals surface area contributed by atoms with E-state index in [9.17, 15) is 5.26 Å². The molecule has 3 rings (SSSR count). The van der Waals surface area contributed by atoms with Gasteiger partial charge >= 0.3 is 0 Å². The number of benzene rings is 2. The summed E-state index contributed by atoms with van der Waals surface area (Å²) in [6.07, 6.45) is 9.10. The zero-order valence-corrected chi connectivity index (χ0v) is 20.8. The molecule has 0 saturated heterocycles. The van der Waals surface area contributed by atoms with E-state index < -0.39 is 5.41 Å². The zero-order valence-electron chi connectivity index (χ0n) is 20.1. The Morgan fingerprint density at radius 2 is 1.66 bits per heavy atom. The molecule has 32 heavy (non-hydrogen) atoms. The van der Waals surface area contributed by atoms with Gasteiger partial charge in [0, 0.05) is 23.7 Å². The third kappa shape index (κ3) is 6.15. The Morgan fingerprint density at radius 3 is 2.25 bits per heavy atom. The average molecular weight is 451 g/mol. The third-order valence-electron chi connectivity index (χ3n) is 7.55. The molecule has 2 aromatic carbocycles. The van der Waals surface area contributed by atoms with Crippen LogP contribution < -0.4 is 0 Å². The van der Waals surface area contributed by atoms with Crippen molar-refractivity contribution in [1.82, 2.24) is 4.90 Å². The van der Waals surface area contributed by atoms with Crippen LogP contribution in [0.2, 0.25) is 5.02 Å². The summed E-state index contributed by atoms with van der Waals surface area (Å²) >= 11 is 6.19. The summed E-state index contributed by atoms with van der Waals surface area (Å²) in [5, 5.41) is 11.3. The molecule has 1 aliphatic rings. The van der Waals surface area contributed by atoms with E-state index in [1.807, 2.05) is 12.1 Å². The summed E-state index contributed by atoms with van der Waals surface area (Å²) in [6, 6.07) is 22.6. The number of hydrogen-bond donors (Lipinski definition) is 0. The second-order valence-electron chi connectivity index (χ2n) is 9.88. The lowest BCUT2D eigenvalue weighted by Gasteiger charge is -2.40. The van der Waals surface area contributed by atoms with Crippen molar-refractivity contribution < 1.29 is 0 Å². The molecule has 172 valence electrons. The highest BCUT2D eigenvalue weighted by molar-refractivity contribution is 6.30. The molecule has 1 saturated carbocycles. The van der Waals surface area contributed by atoms with E-state index in [1.165, 1.54) is 24.8 Å². The molecule has 0 N–H and O–H groups in total. The lowest BCUT2D eigenvalue weighted by molar-refractivity contribution is 0.142. The summed E-state index contributed by atoms with van der Waals surface area (Å²) in [6.45, 7) is 7.97. The minimum Gasteiger partial charge on any atom is -0.298 e. The summed E-state index contributed by atoms with van der Waals surface area (Å²) in [5.41, 5.74) is 2.13. The molecule has 0 aliphatic heterocycles. The second kappa shape index (κ2) is 11.9. The quantitative estimate of drug-likeness (QED) is 0.369. The number of nitrogens with zero attached hydrogens (tertiary/aromatic N) is 2. The molecule has 0 radical (unpaired) electrons. The van der Waals surface area contributed by atoms with Gasteiger partial charge in [-0.15, -0.1) is 0 Å². The van der Waals surface area contributed by atoms with E-state index in [2.05, 4.69) is 74.2 Å². The Hall–Kier alpha value is -1.82. The topological polar surface area (TPSA) is 27.0 Å². The van der Waals surface area contributed by atoms with Crippen LogP contribution in [0.1, 0.15) is 76.8 Å². The highest BCUT2D eigenvalue weighted by Crippen LogP contribution is 2.44. The largest absolute Gasteiger partial charge is 0.298 e. The second-order valence-corrected chi connectivity index (χ2v) is 10.3. The van der Waals surface area contributed by atoms with Gasteiger partial charge in [0.25, 0.3) is 0 Å². The minimum atomic E-state index is -0.415. The maximum absolute atomic E-state index is 10.6. The maximum atomic E-state index is 10.6. The molecule has 2 unspecified atom stereocenters. The van der Waals surface area contributed by atoms with Crippen molar-refractivity contribution in [3.05, 3.63) is 70.7 Å². The van der Waals surface area contributed by atoms with Gasteiger partial charge in [-0.25, -0.2) is 0 Å². The van der Waals surface area contributed by atoms with E-state index in [1.54, 1.807) is 0 Å². The van der Waals surface area contributed by atoms with Crippen LogP contribution in [0.25, 0.3) is 0 Å². The first-order valence-electron chi connectivity index (χ1n) is 12.4. The molecule has 2 atom stereocenters. The van der Waals surface area contributed by atoms with Crippen LogP contribution in [-0.4, -0.2) is 23.5 Å². The first-order valence-corrected chi connectivity index (χ1v) is 12.8. The Morgan fingerprint density at radius 1 is 1.00 bits per heavy atom. The van der Waals surface area contributed by atoms with Crippen molar-refractivity contribution in [2.24, 2.45) is 5.92 Å². The fraction of sp³-hybridized carbons (Fsp3) is 0.552. The Bertz CT molecular complexity index is 849. The standard InChI is InChI=1S/C29H39ClN2/c1-23(2)32(21-19-25-10-6-4-7-11-25)24(3)18-20-29(22-31,26-12-8-5-9-13-26)27-14-16-28(30)17-15-27/h4,6-7,10-11,14-17,23-24,26H,5,8-9,12-13,18-21H2,1-3H3. The van der Waals surface area contributed by atoms with Gasteiger partial charge in [0.1, 0.15) is 0 Å². The van der Waals surface area contributed by atoms with Crippen LogP contribution in [0.5, 0.6) is 0 Å². The molecule has 0 aromatic heterocycles. The Balaban J connectivity index is 1.76. The molecule has 0 heterocycles. The molecule has 1 aliphatic carbocycles. The SMILES string of the molecule is CC(C)N(CCc1ccccc1)C(C)CCC(C#N)(c1ccc(Cl)cc1)C1CCCCC1. The number of hydrogen-bond acceptors (Lipinski definition) is 2. The predicted octanol–water partition coefficient (Wildman–Crippen LogP) is 7.80. The van der Waals surface area contributed by atoms with Gasteiger partial charge in [0.05, 0.1) is 11.5 Å². The first kappa shape index (κ1) is 24.8. The average Bonchev–Trinajstić information content (AvgIpc) is 2.82. The van der Waals surface area contributed by atoms with Gasteiger partial charge < -0.3 is 0 Å². The minimum absolute atomic E-state index is 0.415. The molecule has 2 nitrogen and oxygen atoms in total. The van der Waals surface area contributed by atoms with E-state index in [-0.39, 0.29) is 0 Å². The zero-order chi connectivity index (χ0) is 23.0. The molecule has 0 amide bonds. The van der Waals surface area contributed by atoms with Crippen LogP contribution in [0.4, 0.5) is 0 Å². The smallest absolute Gasteiger partial charge is 0.0851 e. The van der Waals surface area contributed by atoms with Crippen molar-refractivity contribution in [1.29, 1.82) is 5.26 Å². The van der Waals surface area contributed by atoms with Crippen molar-refractivity contribution >= 4 is 11.6 Å². The van der Waals surface area contributed by atoms with Gasteiger partial charge in [0.2, 0.25) is 0 Å². The van der Waals surface area contributed by atoms with Crippen molar-refractivity contribution in [2.75, 3.05) is 6.54 Å². The van der Waals surface area contributed by atoms with E-state index in [0.717, 1.165) is 49.2 Å². The molecular weight excluding hydrogens is 412 g/mol. The summed E-state index contributed by atoms with van der Waals surface area (Å²) in [7, 11) is 0. The number of halogens is 1. The Kier molecular flexibility index (Phi) is 9.21. The molecule has 3 heteroatoms. The number of rotatable bonds is 10. The van der Waals surface area contributed by atoms with E-state index >= 15 is 0 Å². The van der Waals surface area contributed by atoms with Gasteiger partial charge in [0.15, 0.2) is 0 Å². The van der Waals surface area contributed by atoms with E-state index in [0.29, 0.717) is 18.0 Å². The van der Waals surface area contributed by atoms with Gasteiger partial charge in [-0.1, -0.05) is 73.3 Å². The fourth-order valence-corrected chi connectivity index (χ4v) is 5.76. The molecule has 0 bridgehead atoms. The predicted molar refractivity (Wildman–Crippen MR) is 136 cm³/mol. The van der Waals surface area contributed by atoms with Gasteiger partial charge in [-0.3, -0.25) is 4.90 Å². The van der Waals surface area contributed by atoms with Crippen LogP contribution in [0, 0.1) is 17.2 Å². The number of nitriles is 1. The molecule has 1 fully saturated rings. The van der Waals surface area contributed by atoms with Gasteiger partial charge in [-0.05, 0) is 82.1 Å². The van der Waals surface area contributed by atoms with Crippen LogP contribution >= 0.6 is 11.6 Å². The first-order chi connectivity index (χ1) is 15.5. The van der Waals surface area contributed by atoms with Crippen LogP contribution in [0.15, 0.2) is 54.6 Å². The lowest BCUT2D eigenvalue weighted by atomic mass is 9.63. The third-order valence-corrected chi connectivity index (χ3v) is 7.80. The lowest BCUT2D eigenvalue weighted by Crippen LogP contribution is -2.42. The molecular formula is C29H39ClN2. The molecule has 0 spiro atoms. The van der Waals surface area contributed by atoms with Crippen molar-refractivity contribution in [3.8, 4) is 6.07 Å².